The van der Waals surface area contributed by atoms with Crippen LogP contribution in [-0.2, 0) is 9.53 Å². The molecule has 2 atom stereocenters. The van der Waals surface area contributed by atoms with Gasteiger partial charge < -0.3 is 9.84 Å². The quantitative estimate of drug-likeness (QED) is 0.530. The Bertz CT molecular complexity index is 196. The Hall–Kier alpha value is -0.830. The number of esters is 1. The van der Waals surface area contributed by atoms with Crippen molar-refractivity contribution in [2.45, 2.75) is 32.3 Å². The zero-order chi connectivity index (χ0) is 9.68. The molecule has 0 fully saturated rings. The number of ether oxygens (including phenoxy) is 1. The summed E-state index contributed by atoms with van der Waals surface area (Å²) in [5.74, 6) is -0.172. The summed E-state index contributed by atoms with van der Waals surface area (Å²) in [6, 6.07) is 0. The predicted molar refractivity (Wildman–Crippen MR) is 49.1 cm³/mol. The highest BCUT2D eigenvalue weighted by molar-refractivity contribution is 5.72. The van der Waals surface area contributed by atoms with E-state index in [2.05, 4.69) is 6.08 Å². The minimum Gasteiger partial charge on any atom is -0.463 e. The van der Waals surface area contributed by atoms with Crippen molar-refractivity contribution in [3.8, 4) is 0 Å². The van der Waals surface area contributed by atoms with Crippen LogP contribution >= 0.6 is 0 Å². The van der Waals surface area contributed by atoms with Gasteiger partial charge in [0.1, 0.15) is 6.61 Å². The highest BCUT2D eigenvalue weighted by atomic mass is 16.5. The summed E-state index contributed by atoms with van der Waals surface area (Å²) in [6.45, 7) is 1.72. The summed E-state index contributed by atoms with van der Waals surface area (Å²) in [7, 11) is 0. The van der Waals surface area contributed by atoms with Crippen molar-refractivity contribution in [3.63, 3.8) is 0 Å². The molecule has 1 aliphatic rings. The van der Waals surface area contributed by atoms with E-state index in [1.807, 2.05) is 6.08 Å². The van der Waals surface area contributed by atoms with Crippen LogP contribution in [0.25, 0.3) is 0 Å². The van der Waals surface area contributed by atoms with Gasteiger partial charge in [-0.15, -0.1) is 0 Å². The van der Waals surface area contributed by atoms with Crippen molar-refractivity contribution >= 4 is 5.97 Å². The fourth-order valence-electron chi connectivity index (χ4n) is 1.33. The van der Waals surface area contributed by atoms with Gasteiger partial charge in [0, 0.05) is 0 Å². The van der Waals surface area contributed by atoms with Crippen LogP contribution in [0.4, 0.5) is 0 Å². The van der Waals surface area contributed by atoms with Crippen LogP contribution in [0.15, 0.2) is 12.2 Å². The van der Waals surface area contributed by atoms with Crippen LogP contribution in [0.3, 0.4) is 0 Å². The second-order valence-electron chi connectivity index (χ2n) is 3.46. The first kappa shape index (κ1) is 10.3. The Kier molecular flexibility index (Phi) is 3.96. The number of rotatable bonds is 3. The van der Waals surface area contributed by atoms with Gasteiger partial charge in [-0.1, -0.05) is 12.2 Å². The van der Waals surface area contributed by atoms with E-state index in [1.54, 1.807) is 6.92 Å². The van der Waals surface area contributed by atoms with Gasteiger partial charge in [0.05, 0.1) is 12.0 Å². The van der Waals surface area contributed by atoms with Gasteiger partial charge in [-0.2, -0.15) is 0 Å². The van der Waals surface area contributed by atoms with Crippen molar-refractivity contribution < 1.29 is 14.6 Å². The Morgan fingerprint density at radius 1 is 1.69 bits per heavy atom. The second kappa shape index (κ2) is 5.02. The Morgan fingerprint density at radius 3 is 3.00 bits per heavy atom. The van der Waals surface area contributed by atoms with Crippen molar-refractivity contribution in [1.29, 1.82) is 0 Å². The smallest absolute Gasteiger partial charge is 0.309 e. The first-order valence-electron chi connectivity index (χ1n) is 4.70. The largest absolute Gasteiger partial charge is 0.463 e. The van der Waals surface area contributed by atoms with Gasteiger partial charge in [0.25, 0.3) is 0 Å². The molecule has 0 amide bonds. The lowest BCUT2D eigenvalue weighted by atomic mass is 9.95. The van der Waals surface area contributed by atoms with Gasteiger partial charge in [0.15, 0.2) is 0 Å². The van der Waals surface area contributed by atoms with E-state index in [-0.39, 0.29) is 18.5 Å². The number of carbonyl (C=O) groups excluding carboxylic acids is 1. The molecule has 0 heterocycles. The van der Waals surface area contributed by atoms with E-state index in [1.165, 1.54) is 0 Å². The first-order valence-corrected chi connectivity index (χ1v) is 4.70. The van der Waals surface area contributed by atoms with Crippen molar-refractivity contribution in [1.82, 2.24) is 0 Å². The molecule has 0 aromatic carbocycles. The third-order valence-corrected chi connectivity index (χ3v) is 2.07. The number of carbonyl (C=O) groups is 1. The van der Waals surface area contributed by atoms with Gasteiger partial charge in [0.2, 0.25) is 0 Å². The van der Waals surface area contributed by atoms with Crippen LogP contribution in [0.5, 0.6) is 0 Å². The fraction of sp³-hybridized carbons (Fsp3) is 0.700. The second-order valence-corrected chi connectivity index (χ2v) is 3.46. The molecule has 0 aliphatic heterocycles. The number of hydrogen-bond donors (Lipinski definition) is 1. The molecule has 13 heavy (non-hydrogen) atoms. The lowest BCUT2D eigenvalue weighted by molar-refractivity contribution is -0.151. The maximum atomic E-state index is 11.3. The lowest BCUT2D eigenvalue weighted by Gasteiger charge is -2.16. The van der Waals surface area contributed by atoms with Crippen LogP contribution < -0.4 is 0 Å². The highest BCUT2D eigenvalue weighted by Gasteiger charge is 2.20. The van der Waals surface area contributed by atoms with Crippen molar-refractivity contribution in [3.05, 3.63) is 12.2 Å². The molecule has 0 spiro atoms. The van der Waals surface area contributed by atoms with Gasteiger partial charge in [-0.05, 0) is 26.2 Å². The van der Waals surface area contributed by atoms with E-state index < -0.39 is 6.10 Å². The molecule has 3 heteroatoms. The Morgan fingerprint density at radius 2 is 2.46 bits per heavy atom. The molecule has 1 rings (SSSR count). The van der Waals surface area contributed by atoms with E-state index in [0.717, 1.165) is 19.3 Å². The van der Waals surface area contributed by atoms with Crippen molar-refractivity contribution in [2.75, 3.05) is 6.61 Å². The van der Waals surface area contributed by atoms with E-state index in [9.17, 15) is 4.79 Å². The molecular weight excluding hydrogens is 168 g/mol. The highest BCUT2D eigenvalue weighted by Crippen LogP contribution is 2.19. The Balaban J connectivity index is 2.26. The lowest BCUT2D eigenvalue weighted by Crippen LogP contribution is -2.22. The fourth-order valence-corrected chi connectivity index (χ4v) is 1.33. The minimum atomic E-state index is -0.567. The summed E-state index contributed by atoms with van der Waals surface area (Å²) in [6.07, 6.45) is 6.13. The van der Waals surface area contributed by atoms with Crippen LogP contribution in [0, 0.1) is 5.92 Å². The molecule has 1 N–H and O–H groups in total. The topological polar surface area (TPSA) is 46.5 Å². The monoisotopic (exact) mass is 184 g/mol. The molecular formula is C10H16O3. The molecule has 0 bridgehead atoms. The number of hydrogen-bond acceptors (Lipinski definition) is 3. The minimum absolute atomic E-state index is 0.00347. The standard InChI is InChI=1S/C10H16O3/c1-8(11)7-13-10(12)9-5-3-2-4-6-9/h2-3,8-9,11H,4-7H2,1H3. The molecule has 74 valence electrons. The van der Waals surface area contributed by atoms with E-state index in [4.69, 9.17) is 9.84 Å². The SMILES string of the molecule is CC(O)COC(=O)C1CC=CCC1. The molecule has 0 saturated heterocycles. The van der Waals surface area contributed by atoms with Gasteiger partial charge >= 0.3 is 5.97 Å². The molecule has 0 aromatic heterocycles. The van der Waals surface area contributed by atoms with E-state index >= 15 is 0 Å². The molecule has 0 aromatic rings. The number of aliphatic hydroxyl groups excluding tert-OH is 1. The first-order chi connectivity index (χ1) is 6.20. The molecule has 2 unspecified atom stereocenters. The summed E-state index contributed by atoms with van der Waals surface area (Å²) in [5.41, 5.74) is 0. The predicted octanol–water partition coefficient (Wildman–Crippen LogP) is 1.27. The molecule has 1 aliphatic carbocycles. The summed E-state index contributed by atoms with van der Waals surface area (Å²) in [4.78, 5) is 11.3. The zero-order valence-corrected chi connectivity index (χ0v) is 7.90. The number of allylic oxidation sites excluding steroid dienone is 2. The van der Waals surface area contributed by atoms with Crippen molar-refractivity contribution in [2.24, 2.45) is 5.92 Å². The normalized spacial score (nSPS) is 24.0. The van der Waals surface area contributed by atoms with Gasteiger partial charge in [-0.3, -0.25) is 4.79 Å². The molecule has 3 nitrogen and oxygen atoms in total. The maximum Gasteiger partial charge on any atom is 0.309 e. The maximum absolute atomic E-state index is 11.3. The third kappa shape index (κ3) is 3.59. The molecule has 0 radical (unpaired) electrons. The third-order valence-electron chi connectivity index (χ3n) is 2.07. The van der Waals surface area contributed by atoms with Gasteiger partial charge in [-0.25, -0.2) is 0 Å². The number of aliphatic hydroxyl groups is 1. The van der Waals surface area contributed by atoms with Crippen LogP contribution in [-0.4, -0.2) is 23.8 Å². The average Bonchev–Trinajstić information content (AvgIpc) is 2.15. The van der Waals surface area contributed by atoms with Crippen LogP contribution in [0.1, 0.15) is 26.2 Å². The summed E-state index contributed by atoms with van der Waals surface area (Å²) >= 11 is 0. The van der Waals surface area contributed by atoms with E-state index in [0.29, 0.717) is 0 Å². The Labute approximate surface area is 78.4 Å². The zero-order valence-electron chi connectivity index (χ0n) is 7.90. The molecule has 0 saturated carbocycles. The summed E-state index contributed by atoms with van der Waals surface area (Å²) < 4.78 is 4.92. The average molecular weight is 184 g/mol. The summed E-state index contributed by atoms with van der Waals surface area (Å²) in [5, 5.41) is 8.91. The van der Waals surface area contributed by atoms with Crippen LogP contribution in [0.2, 0.25) is 0 Å².